The molecule has 2 aromatic rings. The first-order valence-corrected chi connectivity index (χ1v) is 11.5. The van der Waals surface area contributed by atoms with Gasteiger partial charge in [-0.1, -0.05) is 12.1 Å². The number of carbonyl (C=O) groups excluding carboxylic acids is 2. The lowest BCUT2D eigenvalue weighted by Crippen LogP contribution is -2.31. The van der Waals surface area contributed by atoms with Gasteiger partial charge in [0.1, 0.15) is 0 Å². The molecule has 0 atom stereocenters. The summed E-state index contributed by atoms with van der Waals surface area (Å²) in [5.74, 6) is -0.325. The molecule has 31 heavy (non-hydrogen) atoms. The van der Waals surface area contributed by atoms with Gasteiger partial charge in [-0.05, 0) is 61.7 Å². The lowest BCUT2D eigenvalue weighted by Gasteiger charge is -2.23. The second-order valence-corrected chi connectivity index (χ2v) is 10.0. The molecule has 0 saturated carbocycles. The summed E-state index contributed by atoms with van der Waals surface area (Å²) < 4.78 is 26.6. The molecule has 8 heteroatoms. The zero-order valence-electron chi connectivity index (χ0n) is 19.3. The molecule has 0 fully saturated rings. The van der Waals surface area contributed by atoms with Crippen LogP contribution in [0.1, 0.15) is 44.3 Å². The number of sulfonamides is 1. The number of carbonyl (C=O) groups is 2. The van der Waals surface area contributed by atoms with Crippen LogP contribution in [0.4, 0.5) is 0 Å². The van der Waals surface area contributed by atoms with Gasteiger partial charge in [0.25, 0.3) is 11.8 Å². The van der Waals surface area contributed by atoms with E-state index in [0.717, 1.165) is 15.4 Å². The Balaban J connectivity index is 2.34. The van der Waals surface area contributed by atoms with E-state index in [9.17, 15) is 18.0 Å². The standard InChI is InChI=1S/C23H31N3O4S/c1-8-26(15-18-9-11-19(12-10-18)22(27)24(4)5)23(28)20-13-16(2)17(3)21(14-20)31(29,30)25(6)7/h9-14H,8,15H2,1-7H3. The van der Waals surface area contributed by atoms with Crippen LogP contribution in [0, 0.1) is 13.8 Å². The lowest BCUT2D eigenvalue weighted by molar-refractivity contribution is 0.0751. The van der Waals surface area contributed by atoms with E-state index in [2.05, 4.69) is 0 Å². The number of hydrogen-bond donors (Lipinski definition) is 0. The number of nitrogens with zero attached hydrogens (tertiary/aromatic N) is 3. The van der Waals surface area contributed by atoms with E-state index in [1.165, 1.54) is 25.1 Å². The van der Waals surface area contributed by atoms with E-state index in [-0.39, 0.29) is 16.7 Å². The van der Waals surface area contributed by atoms with E-state index >= 15 is 0 Å². The summed E-state index contributed by atoms with van der Waals surface area (Å²) in [7, 11) is 2.67. The highest BCUT2D eigenvalue weighted by atomic mass is 32.2. The lowest BCUT2D eigenvalue weighted by atomic mass is 10.0. The van der Waals surface area contributed by atoms with E-state index in [4.69, 9.17) is 0 Å². The van der Waals surface area contributed by atoms with Gasteiger partial charge in [-0.25, -0.2) is 12.7 Å². The Labute approximate surface area is 185 Å². The van der Waals surface area contributed by atoms with E-state index in [1.807, 2.05) is 19.1 Å². The van der Waals surface area contributed by atoms with Gasteiger partial charge >= 0.3 is 0 Å². The number of rotatable bonds is 7. The summed E-state index contributed by atoms with van der Waals surface area (Å²) in [6.07, 6.45) is 0. The first-order valence-electron chi connectivity index (χ1n) is 10.0. The molecule has 0 spiro atoms. The zero-order valence-corrected chi connectivity index (χ0v) is 20.1. The van der Waals surface area contributed by atoms with Crippen LogP contribution < -0.4 is 0 Å². The molecule has 0 aromatic heterocycles. The Hall–Kier alpha value is -2.71. The summed E-state index contributed by atoms with van der Waals surface area (Å²) in [5, 5.41) is 0. The zero-order chi connectivity index (χ0) is 23.5. The van der Waals surface area contributed by atoms with Gasteiger partial charge in [-0.15, -0.1) is 0 Å². The third-order valence-electron chi connectivity index (χ3n) is 5.27. The number of aryl methyl sites for hydroxylation is 1. The first kappa shape index (κ1) is 24.6. The third-order valence-corrected chi connectivity index (χ3v) is 7.22. The fraction of sp³-hybridized carbons (Fsp3) is 0.391. The maximum absolute atomic E-state index is 13.2. The normalized spacial score (nSPS) is 11.5. The summed E-state index contributed by atoms with van der Waals surface area (Å²) >= 11 is 0. The Kier molecular flexibility index (Phi) is 7.62. The largest absolute Gasteiger partial charge is 0.345 e. The van der Waals surface area contributed by atoms with Gasteiger partial charge in [0.05, 0.1) is 4.90 Å². The smallest absolute Gasteiger partial charge is 0.254 e. The van der Waals surface area contributed by atoms with Crippen LogP contribution >= 0.6 is 0 Å². The SMILES string of the molecule is CCN(Cc1ccc(C(=O)N(C)C)cc1)C(=O)c1cc(C)c(C)c(S(=O)(=O)N(C)C)c1. The molecule has 0 aliphatic carbocycles. The van der Waals surface area contributed by atoms with Crippen molar-refractivity contribution in [2.24, 2.45) is 0 Å². The van der Waals surface area contributed by atoms with Crippen molar-refractivity contribution in [3.63, 3.8) is 0 Å². The van der Waals surface area contributed by atoms with E-state index < -0.39 is 10.0 Å². The van der Waals surface area contributed by atoms with Crippen LogP contribution in [-0.2, 0) is 16.6 Å². The van der Waals surface area contributed by atoms with Crippen molar-refractivity contribution in [1.82, 2.24) is 14.1 Å². The predicted octanol–water partition coefficient (Wildman–Crippen LogP) is 2.92. The second-order valence-electron chi connectivity index (χ2n) is 7.92. The van der Waals surface area contributed by atoms with E-state index in [1.54, 1.807) is 51.0 Å². The molecule has 0 unspecified atom stereocenters. The first-order chi connectivity index (χ1) is 14.4. The Bertz CT molecular complexity index is 1070. The molecule has 0 radical (unpaired) electrons. The van der Waals surface area contributed by atoms with Gasteiger partial charge < -0.3 is 9.80 Å². The predicted molar refractivity (Wildman–Crippen MR) is 122 cm³/mol. The molecule has 2 amide bonds. The summed E-state index contributed by atoms with van der Waals surface area (Å²) in [6, 6.07) is 10.3. The van der Waals surface area contributed by atoms with Crippen LogP contribution in [0.25, 0.3) is 0 Å². The summed E-state index contributed by atoms with van der Waals surface area (Å²) in [5.41, 5.74) is 3.18. The van der Waals surface area contributed by atoms with Crippen LogP contribution in [0.3, 0.4) is 0 Å². The third kappa shape index (κ3) is 5.32. The molecule has 0 N–H and O–H groups in total. The van der Waals surface area contributed by atoms with Crippen molar-refractivity contribution in [3.8, 4) is 0 Å². The number of hydrogen-bond acceptors (Lipinski definition) is 4. The minimum Gasteiger partial charge on any atom is -0.345 e. The molecule has 0 saturated heterocycles. The number of benzene rings is 2. The van der Waals surface area contributed by atoms with Gasteiger partial charge in [-0.3, -0.25) is 9.59 Å². The van der Waals surface area contributed by atoms with Crippen molar-refractivity contribution in [1.29, 1.82) is 0 Å². The molecule has 2 rings (SSSR count). The Morgan fingerprint density at radius 3 is 1.94 bits per heavy atom. The van der Waals surface area contributed by atoms with Crippen LogP contribution in [0.15, 0.2) is 41.3 Å². The maximum atomic E-state index is 13.2. The maximum Gasteiger partial charge on any atom is 0.254 e. The average Bonchev–Trinajstić information content (AvgIpc) is 2.72. The molecule has 168 valence electrons. The fourth-order valence-electron chi connectivity index (χ4n) is 3.16. The van der Waals surface area contributed by atoms with Crippen LogP contribution in [0.5, 0.6) is 0 Å². The van der Waals surface area contributed by atoms with Gasteiger partial charge in [0.15, 0.2) is 0 Å². The molecule has 0 heterocycles. The van der Waals surface area contributed by atoms with Crippen LogP contribution in [0.2, 0.25) is 0 Å². The molecule has 0 aliphatic rings. The van der Waals surface area contributed by atoms with E-state index in [0.29, 0.717) is 29.8 Å². The van der Waals surface area contributed by atoms with Crippen molar-refractivity contribution < 1.29 is 18.0 Å². The molecular formula is C23H31N3O4S. The topological polar surface area (TPSA) is 78.0 Å². The molecule has 0 aliphatic heterocycles. The summed E-state index contributed by atoms with van der Waals surface area (Å²) in [4.78, 5) is 28.6. The Morgan fingerprint density at radius 2 is 1.45 bits per heavy atom. The van der Waals surface area contributed by atoms with Crippen molar-refractivity contribution >= 4 is 21.8 Å². The van der Waals surface area contributed by atoms with Crippen molar-refractivity contribution in [3.05, 3.63) is 64.2 Å². The fourth-order valence-corrected chi connectivity index (χ4v) is 4.37. The monoisotopic (exact) mass is 445 g/mol. The van der Waals surface area contributed by atoms with Crippen molar-refractivity contribution in [2.75, 3.05) is 34.7 Å². The average molecular weight is 446 g/mol. The van der Waals surface area contributed by atoms with Gasteiger partial charge in [0.2, 0.25) is 10.0 Å². The molecular weight excluding hydrogens is 414 g/mol. The van der Waals surface area contributed by atoms with Crippen molar-refractivity contribution in [2.45, 2.75) is 32.2 Å². The highest BCUT2D eigenvalue weighted by Crippen LogP contribution is 2.24. The minimum absolute atomic E-state index is 0.0836. The molecule has 2 aromatic carbocycles. The highest BCUT2D eigenvalue weighted by molar-refractivity contribution is 7.89. The molecule has 0 bridgehead atoms. The van der Waals surface area contributed by atoms with Gasteiger partial charge in [-0.2, -0.15) is 0 Å². The highest BCUT2D eigenvalue weighted by Gasteiger charge is 2.24. The van der Waals surface area contributed by atoms with Gasteiger partial charge in [0, 0.05) is 52.4 Å². The summed E-state index contributed by atoms with van der Waals surface area (Å²) in [6.45, 7) is 6.24. The Morgan fingerprint density at radius 1 is 0.871 bits per heavy atom. The molecule has 7 nitrogen and oxygen atoms in total. The minimum atomic E-state index is -3.67. The van der Waals surface area contributed by atoms with Crippen LogP contribution in [-0.4, -0.2) is 69.1 Å². The quantitative estimate of drug-likeness (QED) is 0.657. The second kappa shape index (κ2) is 9.62. The number of amides is 2.